The van der Waals surface area contributed by atoms with Crippen LogP contribution in [0, 0.1) is 10.1 Å². The number of nitrogens with zero attached hydrogens (tertiary/aromatic N) is 1. The molecule has 9 nitrogen and oxygen atoms in total. The molecule has 0 aliphatic heterocycles. The molecule has 0 amide bonds. The van der Waals surface area contributed by atoms with Crippen molar-refractivity contribution in [2.24, 2.45) is 0 Å². The van der Waals surface area contributed by atoms with Crippen LogP contribution in [0.1, 0.15) is 20.8 Å². The number of rotatable bonds is 9. The van der Waals surface area contributed by atoms with Gasteiger partial charge in [0.15, 0.2) is 0 Å². The molecule has 0 radical (unpaired) electrons. The predicted molar refractivity (Wildman–Crippen MR) is 102 cm³/mol. The molecule has 0 unspecified atom stereocenters. The molecular formula is C18H21N2O7P. The van der Waals surface area contributed by atoms with Crippen LogP contribution in [0.5, 0.6) is 11.5 Å². The number of non-ortho nitro benzene ring substituents is 1. The number of nitrogens with one attached hydrogen (secondary N) is 1. The first kappa shape index (κ1) is 21.4. The third-order valence-electron chi connectivity index (χ3n) is 3.30. The molecule has 28 heavy (non-hydrogen) atoms. The molecule has 0 aliphatic carbocycles. The fourth-order valence-corrected chi connectivity index (χ4v) is 3.60. The molecule has 0 fully saturated rings. The molecule has 0 aliphatic rings. The van der Waals surface area contributed by atoms with Gasteiger partial charge in [-0.3, -0.25) is 14.9 Å². The molecule has 10 heteroatoms. The predicted octanol–water partition coefficient (Wildman–Crippen LogP) is 4.09. The molecule has 2 aromatic carbocycles. The van der Waals surface area contributed by atoms with Gasteiger partial charge in [-0.2, -0.15) is 5.09 Å². The first-order chi connectivity index (χ1) is 13.2. The topological polar surface area (TPSA) is 117 Å². The summed E-state index contributed by atoms with van der Waals surface area (Å²) >= 11 is 0. The maximum Gasteiger partial charge on any atom is 0.513 e. The highest BCUT2D eigenvalue weighted by Crippen LogP contribution is 2.45. The molecule has 0 bridgehead atoms. The molecular weight excluding hydrogens is 387 g/mol. The van der Waals surface area contributed by atoms with Crippen molar-refractivity contribution < 1.29 is 28.1 Å². The van der Waals surface area contributed by atoms with Crippen LogP contribution in [0.4, 0.5) is 5.69 Å². The number of nitro benzene ring substituents is 1. The summed E-state index contributed by atoms with van der Waals surface area (Å²) in [6.07, 6.45) is -0.346. The van der Waals surface area contributed by atoms with E-state index >= 15 is 0 Å². The monoisotopic (exact) mass is 408 g/mol. The molecule has 2 rings (SSSR count). The van der Waals surface area contributed by atoms with Gasteiger partial charge in [-0.25, -0.2) is 4.57 Å². The van der Waals surface area contributed by atoms with Gasteiger partial charge in [0.1, 0.15) is 17.5 Å². The van der Waals surface area contributed by atoms with Crippen molar-refractivity contribution in [3.05, 3.63) is 64.7 Å². The summed E-state index contributed by atoms with van der Waals surface area (Å²) in [7, 11) is -4.08. The Labute approximate surface area is 162 Å². The van der Waals surface area contributed by atoms with Crippen molar-refractivity contribution in [3.63, 3.8) is 0 Å². The van der Waals surface area contributed by atoms with Gasteiger partial charge in [-0.05, 0) is 45.0 Å². The number of para-hydroxylation sites is 1. The average molecular weight is 408 g/mol. The Morgan fingerprint density at radius 3 is 2.04 bits per heavy atom. The van der Waals surface area contributed by atoms with Crippen molar-refractivity contribution in [1.82, 2.24) is 5.09 Å². The van der Waals surface area contributed by atoms with E-state index in [9.17, 15) is 19.5 Å². The molecule has 0 spiro atoms. The standard InChI is InChI=1S/C18H21N2O7P/c1-13(2)25-18(21)14(3)19-28(24,26-16-7-5-4-6-8-16)27-17-11-9-15(10-12-17)20(22)23/h4-14H,1-3H3,(H,19,24)/t14-,28+/m0/s1. The molecule has 1 N–H and O–H groups in total. The van der Waals surface area contributed by atoms with Gasteiger partial charge >= 0.3 is 13.7 Å². The Morgan fingerprint density at radius 1 is 1.00 bits per heavy atom. The van der Waals surface area contributed by atoms with Crippen molar-refractivity contribution >= 4 is 19.4 Å². The Bertz CT molecular complexity index is 856. The van der Waals surface area contributed by atoms with E-state index in [1.807, 2.05) is 0 Å². The number of nitro groups is 1. The van der Waals surface area contributed by atoms with Crippen molar-refractivity contribution in [3.8, 4) is 11.5 Å². The normalized spacial score (nSPS) is 14.0. The quantitative estimate of drug-likeness (QED) is 0.285. The van der Waals surface area contributed by atoms with E-state index in [1.54, 1.807) is 44.2 Å². The van der Waals surface area contributed by atoms with Crippen LogP contribution in [0.15, 0.2) is 54.6 Å². The van der Waals surface area contributed by atoms with Crippen LogP contribution in [-0.4, -0.2) is 23.0 Å². The van der Waals surface area contributed by atoms with Crippen LogP contribution in [0.2, 0.25) is 0 Å². The zero-order chi connectivity index (χ0) is 20.7. The Kier molecular flexibility index (Phi) is 7.14. The van der Waals surface area contributed by atoms with Crippen molar-refractivity contribution in [2.75, 3.05) is 0 Å². The van der Waals surface area contributed by atoms with Gasteiger partial charge < -0.3 is 13.8 Å². The fourth-order valence-electron chi connectivity index (χ4n) is 2.08. The van der Waals surface area contributed by atoms with Crippen LogP contribution >= 0.6 is 7.75 Å². The van der Waals surface area contributed by atoms with Gasteiger partial charge in [0.2, 0.25) is 0 Å². The van der Waals surface area contributed by atoms with Gasteiger partial charge in [-0.1, -0.05) is 18.2 Å². The fraction of sp³-hybridized carbons (Fsp3) is 0.278. The third-order valence-corrected chi connectivity index (χ3v) is 4.90. The third kappa shape index (κ3) is 6.37. The second-order valence-electron chi connectivity index (χ2n) is 6.08. The van der Waals surface area contributed by atoms with Gasteiger partial charge in [0.25, 0.3) is 5.69 Å². The molecule has 0 heterocycles. The lowest BCUT2D eigenvalue weighted by Gasteiger charge is -2.23. The minimum Gasteiger partial charge on any atom is -0.462 e. The average Bonchev–Trinajstić information content (AvgIpc) is 2.62. The summed E-state index contributed by atoms with van der Waals surface area (Å²) in [5.41, 5.74) is -0.145. The smallest absolute Gasteiger partial charge is 0.462 e. The Morgan fingerprint density at radius 2 is 1.54 bits per heavy atom. The summed E-state index contributed by atoms with van der Waals surface area (Å²) in [5.74, 6) is -0.300. The molecule has 2 aromatic rings. The van der Waals surface area contributed by atoms with Gasteiger partial charge in [0, 0.05) is 12.1 Å². The second-order valence-corrected chi connectivity index (χ2v) is 7.70. The highest BCUT2D eigenvalue weighted by atomic mass is 31.2. The van der Waals surface area contributed by atoms with Crippen molar-refractivity contribution in [1.29, 1.82) is 0 Å². The molecule has 0 saturated heterocycles. The van der Waals surface area contributed by atoms with E-state index in [0.29, 0.717) is 0 Å². The van der Waals surface area contributed by atoms with Gasteiger partial charge in [0.05, 0.1) is 11.0 Å². The van der Waals surface area contributed by atoms with E-state index in [2.05, 4.69) is 5.09 Å². The molecule has 0 saturated carbocycles. The van der Waals surface area contributed by atoms with E-state index < -0.39 is 24.7 Å². The maximum absolute atomic E-state index is 13.3. The number of hydrogen-bond donors (Lipinski definition) is 1. The second kappa shape index (κ2) is 9.34. The van der Waals surface area contributed by atoms with E-state index in [4.69, 9.17) is 13.8 Å². The minimum atomic E-state index is -4.08. The minimum absolute atomic E-state index is 0.0711. The SMILES string of the molecule is CC(C)OC(=O)[C@H](C)N[P@@](=O)(Oc1ccccc1)Oc1ccc([N+](=O)[O-])cc1. The summed E-state index contributed by atoms with van der Waals surface area (Å²) in [6, 6.07) is 12.3. The van der Waals surface area contributed by atoms with Crippen molar-refractivity contribution in [2.45, 2.75) is 32.9 Å². The summed E-state index contributed by atoms with van der Waals surface area (Å²) < 4.78 is 29.3. The zero-order valence-electron chi connectivity index (χ0n) is 15.6. The number of benzene rings is 2. The molecule has 0 aromatic heterocycles. The maximum atomic E-state index is 13.3. The highest BCUT2D eigenvalue weighted by molar-refractivity contribution is 7.52. The summed E-state index contributed by atoms with van der Waals surface area (Å²) in [6.45, 7) is 4.85. The Balaban J connectivity index is 2.23. The lowest BCUT2D eigenvalue weighted by molar-refractivity contribution is -0.384. The van der Waals surface area contributed by atoms with E-state index in [0.717, 1.165) is 0 Å². The Hall–Kier alpha value is -2.90. The lowest BCUT2D eigenvalue weighted by Crippen LogP contribution is -2.36. The van der Waals surface area contributed by atoms with Crippen LogP contribution in [0.25, 0.3) is 0 Å². The number of hydrogen-bond acceptors (Lipinski definition) is 7. The van der Waals surface area contributed by atoms with Gasteiger partial charge in [-0.15, -0.1) is 0 Å². The number of ether oxygens (including phenoxy) is 1. The largest absolute Gasteiger partial charge is 0.513 e. The number of carbonyl (C=O) groups excluding carboxylic acids is 1. The van der Waals surface area contributed by atoms with Crippen LogP contribution in [-0.2, 0) is 14.1 Å². The first-order valence-corrected chi connectivity index (χ1v) is 10.00. The summed E-state index contributed by atoms with van der Waals surface area (Å²) in [4.78, 5) is 22.3. The highest BCUT2D eigenvalue weighted by Gasteiger charge is 2.34. The van der Waals surface area contributed by atoms with Crippen LogP contribution in [0.3, 0.4) is 0 Å². The van der Waals surface area contributed by atoms with E-state index in [1.165, 1.54) is 31.2 Å². The lowest BCUT2D eigenvalue weighted by atomic mass is 10.3. The number of esters is 1. The van der Waals surface area contributed by atoms with Crippen LogP contribution < -0.4 is 14.1 Å². The molecule has 2 atom stereocenters. The first-order valence-electron chi connectivity index (χ1n) is 8.45. The molecule has 150 valence electrons. The number of carbonyl (C=O) groups is 1. The van der Waals surface area contributed by atoms with E-state index in [-0.39, 0.29) is 23.3 Å². The zero-order valence-corrected chi connectivity index (χ0v) is 16.5. The summed E-state index contributed by atoms with van der Waals surface area (Å²) in [5, 5.41) is 13.3.